The minimum atomic E-state index is -0.341. The van der Waals surface area contributed by atoms with Crippen molar-refractivity contribution in [2.45, 2.75) is 13.5 Å². The molecule has 3 rings (SSSR count). The van der Waals surface area contributed by atoms with Crippen LogP contribution in [-0.4, -0.2) is 20.9 Å². The number of rotatable bonds is 5. The van der Waals surface area contributed by atoms with Crippen molar-refractivity contribution in [2.24, 2.45) is 0 Å². The van der Waals surface area contributed by atoms with Crippen LogP contribution in [0.1, 0.15) is 21.7 Å². The van der Waals surface area contributed by atoms with E-state index in [1.165, 1.54) is 23.7 Å². The summed E-state index contributed by atoms with van der Waals surface area (Å²) in [7, 11) is 0. The molecule has 1 N–H and O–H groups in total. The second-order valence-electron chi connectivity index (χ2n) is 4.76. The van der Waals surface area contributed by atoms with Gasteiger partial charge in [-0.15, -0.1) is 11.3 Å². The molecule has 0 saturated carbocycles. The summed E-state index contributed by atoms with van der Waals surface area (Å²) < 4.78 is 5.59. The predicted molar refractivity (Wildman–Crippen MR) is 87.6 cm³/mol. The molecule has 0 unspecified atom stereocenters. The number of aryl methyl sites for hydroxylation is 1. The lowest BCUT2D eigenvalue weighted by molar-refractivity contribution is 0.102. The van der Waals surface area contributed by atoms with Crippen LogP contribution in [0.3, 0.4) is 0 Å². The Bertz CT molecular complexity index is 805. The summed E-state index contributed by atoms with van der Waals surface area (Å²) in [6.07, 6.45) is 1.31. The van der Waals surface area contributed by atoms with Gasteiger partial charge in [0, 0.05) is 11.4 Å². The summed E-state index contributed by atoms with van der Waals surface area (Å²) in [4.78, 5) is 24.3. The van der Waals surface area contributed by atoms with Crippen LogP contribution in [0.25, 0.3) is 0 Å². The number of benzene rings is 1. The molecule has 2 aromatic heterocycles. The zero-order valence-electron chi connectivity index (χ0n) is 12.4. The van der Waals surface area contributed by atoms with Crippen molar-refractivity contribution in [1.29, 1.82) is 0 Å². The Kier molecular flexibility index (Phi) is 4.58. The summed E-state index contributed by atoms with van der Waals surface area (Å²) in [6.45, 7) is 2.25. The van der Waals surface area contributed by atoms with Gasteiger partial charge in [0.25, 0.3) is 5.91 Å². The molecule has 0 saturated heterocycles. The van der Waals surface area contributed by atoms with Crippen LogP contribution in [0.15, 0.2) is 48.1 Å². The highest BCUT2D eigenvalue weighted by atomic mass is 32.1. The first-order valence-electron chi connectivity index (χ1n) is 6.93. The molecule has 0 aliphatic carbocycles. The molecule has 0 atom stereocenters. The third kappa shape index (κ3) is 4.10. The van der Waals surface area contributed by atoms with E-state index in [0.29, 0.717) is 17.6 Å². The fraction of sp³-hybridized carbons (Fsp3) is 0.125. The van der Waals surface area contributed by atoms with Crippen LogP contribution in [-0.2, 0) is 6.61 Å². The van der Waals surface area contributed by atoms with Gasteiger partial charge in [-0.2, -0.15) is 0 Å². The lowest BCUT2D eigenvalue weighted by Crippen LogP contribution is -2.14. The average molecular weight is 326 g/mol. The van der Waals surface area contributed by atoms with Crippen molar-refractivity contribution >= 4 is 22.4 Å². The maximum atomic E-state index is 12.2. The molecule has 7 heteroatoms. The lowest BCUT2D eigenvalue weighted by atomic mass is 10.2. The summed E-state index contributed by atoms with van der Waals surface area (Å²) in [5.74, 6) is 0.00985. The van der Waals surface area contributed by atoms with Gasteiger partial charge in [0.05, 0.1) is 5.69 Å². The van der Waals surface area contributed by atoms with Crippen molar-refractivity contribution < 1.29 is 9.53 Å². The maximum absolute atomic E-state index is 12.2. The highest BCUT2D eigenvalue weighted by molar-refractivity contribution is 7.13. The number of nitrogens with one attached hydrogen (secondary N) is 1. The molecule has 0 radical (unpaired) electrons. The molecule has 6 nitrogen and oxygen atoms in total. The first kappa shape index (κ1) is 15.1. The molecule has 116 valence electrons. The number of carbonyl (C=O) groups is 1. The SMILES string of the molecule is Cc1csc(NC(=O)c2cc(OCc3ccccc3)ncn2)n1. The van der Waals surface area contributed by atoms with Gasteiger partial charge in [-0.1, -0.05) is 30.3 Å². The number of carbonyl (C=O) groups excluding carboxylic acids is 1. The van der Waals surface area contributed by atoms with Crippen LogP contribution in [0.5, 0.6) is 5.88 Å². The molecule has 0 aliphatic rings. The fourth-order valence-corrected chi connectivity index (χ4v) is 2.53. The molecule has 0 bridgehead atoms. The Morgan fingerprint density at radius 2 is 2.09 bits per heavy atom. The average Bonchev–Trinajstić information content (AvgIpc) is 2.99. The number of ether oxygens (including phenoxy) is 1. The molecule has 0 fully saturated rings. The molecule has 23 heavy (non-hydrogen) atoms. The van der Waals surface area contributed by atoms with Crippen molar-refractivity contribution in [3.8, 4) is 5.88 Å². The summed E-state index contributed by atoms with van der Waals surface area (Å²) >= 11 is 1.37. The molecular formula is C16H14N4O2S. The highest BCUT2D eigenvalue weighted by Gasteiger charge is 2.11. The van der Waals surface area contributed by atoms with Gasteiger partial charge >= 0.3 is 0 Å². The van der Waals surface area contributed by atoms with Gasteiger partial charge in [0.2, 0.25) is 5.88 Å². The highest BCUT2D eigenvalue weighted by Crippen LogP contribution is 2.16. The molecular weight excluding hydrogens is 312 g/mol. The normalized spacial score (nSPS) is 10.3. The van der Waals surface area contributed by atoms with Crippen molar-refractivity contribution in [1.82, 2.24) is 15.0 Å². The van der Waals surface area contributed by atoms with E-state index in [1.54, 1.807) is 0 Å². The Labute approximate surface area is 137 Å². The minimum absolute atomic E-state index is 0.232. The molecule has 3 aromatic rings. The molecule has 0 spiro atoms. The summed E-state index contributed by atoms with van der Waals surface area (Å²) in [5.41, 5.74) is 2.12. The zero-order chi connectivity index (χ0) is 16.1. The number of amides is 1. The Hall–Kier alpha value is -2.80. The van der Waals surface area contributed by atoms with Crippen LogP contribution >= 0.6 is 11.3 Å². The van der Waals surface area contributed by atoms with Crippen LogP contribution in [0.2, 0.25) is 0 Å². The van der Waals surface area contributed by atoms with Crippen molar-refractivity contribution in [3.05, 3.63) is 65.1 Å². The maximum Gasteiger partial charge on any atom is 0.276 e. The third-order valence-corrected chi connectivity index (χ3v) is 3.82. The number of aromatic nitrogens is 3. The quantitative estimate of drug-likeness (QED) is 0.779. The second-order valence-corrected chi connectivity index (χ2v) is 5.62. The van der Waals surface area contributed by atoms with E-state index in [0.717, 1.165) is 11.3 Å². The smallest absolute Gasteiger partial charge is 0.276 e. The fourth-order valence-electron chi connectivity index (χ4n) is 1.85. The third-order valence-electron chi connectivity index (χ3n) is 2.94. The molecule has 0 aliphatic heterocycles. The molecule has 1 aromatic carbocycles. The first-order valence-corrected chi connectivity index (χ1v) is 7.81. The minimum Gasteiger partial charge on any atom is -0.473 e. The van der Waals surface area contributed by atoms with E-state index in [9.17, 15) is 4.79 Å². The number of nitrogens with zero attached hydrogens (tertiary/aromatic N) is 3. The zero-order valence-corrected chi connectivity index (χ0v) is 13.2. The lowest BCUT2D eigenvalue weighted by Gasteiger charge is -2.06. The van der Waals surface area contributed by atoms with E-state index in [1.807, 2.05) is 42.6 Å². The Morgan fingerprint density at radius 3 is 2.83 bits per heavy atom. The molecule has 2 heterocycles. The Balaban J connectivity index is 1.65. The topological polar surface area (TPSA) is 77.0 Å². The van der Waals surface area contributed by atoms with Gasteiger partial charge < -0.3 is 4.74 Å². The number of hydrogen-bond donors (Lipinski definition) is 1. The summed E-state index contributed by atoms with van der Waals surface area (Å²) in [6, 6.07) is 11.2. The van der Waals surface area contributed by atoms with E-state index >= 15 is 0 Å². The number of thiazole rings is 1. The van der Waals surface area contributed by atoms with E-state index in [-0.39, 0.29) is 11.6 Å². The van der Waals surface area contributed by atoms with Crippen molar-refractivity contribution in [3.63, 3.8) is 0 Å². The Morgan fingerprint density at radius 1 is 1.26 bits per heavy atom. The van der Waals surface area contributed by atoms with Gasteiger partial charge in [0.1, 0.15) is 18.6 Å². The van der Waals surface area contributed by atoms with E-state index in [4.69, 9.17) is 4.74 Å². The monoisotopic (exact) mass is 326 g/mol. The molecule has 1 amide bonds. The number of hydrogen-bond acceptors (Lipinski definition) is 6. The number of anilines is 1. The van der Waals surface area contributed by atoms with E-state index < -0.39 is 0 Å². The van der Waals surface area contributed by atoms with Gasteiger partial charge in [-0.3, -0.25) is 10.1 Å². The van der Waals surface area contributed by atoms with Crippen LogP contribution in [0.4, 0.5) is 5.13 Å². The van der Waals surface area contributed by atoms with E-state index in [2.05, 4.69) is 20.3 Å². The van der Waals surface area contributed by atoms with Crippen molar-refractivity contribution in [2.75, 3.05) is 5.32 Å². The van der Waals surface area contributed by atoms with Gasteiger partial charge in [0.15, 0.2) is 5.13 Å². The van der Waals surface area contributed by atoms with Gasteiger partial charge in [-0.05, 0) is 12.5 Å². The van der Waals surface area contributed by atoms with Gasteiger partial charge in [-0.25, -0.2) is 15.0 Å². The van der Waals surface area contributed by atoms with Crippen LogP contribution < -0.4 is 10.1 Å². The predicted octanol–water partition coefficient (Wildman–Crippen LogP) is 3.07. The standard InChI is InChI=1S/C16H14N4O2S/c1-11-9-23-16(19-11)20-15(21)13-7-14(18-10-17-13)22-8-12-5-3-2-4-6-12/h2-7,9-10H,8H2,1H3,(H,19,20,21). The largest absolute Gasteiger partial charge is 0.473 e. The second kappa shape index (κ2) is 6.97. The van der Waals surface area contributed by atoms with Crippen LogP contribution in [0, 0.1) is 6.92 Å². The first-order chi connectivity index (χ1) is 11.2. The summed E-state index contributed by atoms with van der Waals surface area (Å²) in [5, 5.41) is 5.11.